The molecule has 0 fully saturated rings. The smallest absolute Gasteiger partial charge is 0.225 e. The summed E-state index contributed by atoms with van der Waals surface area (Å²) in [6.07, 6.45) is 1.32. The Morgan fingerprint density at radius 3 is 2.42 bits per heavy atom. The van der Waals surface area contributed by atoms with Crippen LogP contribution in [0.1, 0.15) is 12.0 Å². The van der Waals surface area contributed by atoms with Crippen molar-refractivity contribution in [3.05, 3.63) is 54.1 Å². The largest absolute Gasteiger partial charge is 0.497 e. The van der Waals surface area contributed by atoms with Gasteiger partial charge in [0.1, 0.15) is 11.5 Å². The summed E-state index contributed by atoms with van der Waals surface area (Å²) >= 11 is 0. The number of hydrogen-bond acceptors (Lipinski definition) is 4. The Bertz CT molecular complexity index is 659. The molecular weight excluding hydrogens is 304 g/mol. The maximum absolute atomic E-state index is 11.9. The summed E-state index contributed by atoms with van der Waals surface area (Å²) in [5.41, 5.74) is 1.96. The van der Waals surface area contributed by atoms with E-state index in [0.717, 1.165) is 30.2 Å². The third kappa shape index (κ3) is 5.93. The summed E-state index contributed by atoms with van der Waals surface area (Å²) in [5, 5.41) is 6.15. The van der Waals surface area contributed by atoms with E-state index in [1.165, 1.54) is 5.56 Å². The highest BCUT2D eigenvalue weighted by atomic mass is 16.5. The van der Waals surface area contributed by atoms with Crippen LogP contribution in [0.5, 0.6) is 11.5 Å². The predicted octanol–water partition coefficient (Wildman–Crippen LogP) is 2.86. The summed E-state index contributed by atoms with van der Waals surface area (Å²) in [5.74, 6) is 1.58. The van der Waals surface area contributed by atoms with Crippen molar-refractivity contribution in [3.63, 3.8) is 0 Å². The molecule has 0 spiro atoms. The van der Waals surface area contributed by atoms with Crippen molar-refractivity contribution in [3.8, 4) is 11.5 Å². The van der Waals surface area contributed by atoms with E-state index in [1.807, 2.05) is 36.4 Å². The number of amides is 1. The van der Waals surface area contributed by atoms with Crippen LogP contribution in [0.4, 0.5) is 5.69 Å². The van der Waals surface area contributed by atoms with E-state index >= 15 is 0 Å². The van der Waals surface area contributed by atoms with Crippen LogP contribution < -0.4 is 20.1 Å². The van der Waals surface area contributed by atoms with Crippen molar-refractivity contribution in [2.45, 2.75) is 12.8 Å². The lowest BCUT2D eigenvalue weighted by atomic mass is 10.1. The average molecular weight is 328 g/mol. The third-order valence-electron chi connectivity index (χ3n) is 3.61. The van der Waals surface area contributed by atoms with Gasteiger partial charge in [-0.2, -0.15) is 0 Å². The highest BCUT2D eigenvalue weighted by molar-refractivity contribution is 5.90. The zero-order chi connectivity index (χ0) is 17.2. The van der Waals surface area contributed by atoms with Crippen LogP contribution in [0.3, 0.4) is 0 Å². The fourth-order valence-electron chi connectivity index (χ4n) is 2.31. The third-order valence-corrected chi connectivity index (χ3v) is 3.61. The number of ether oxygens (including phenoxy) is 2. The Morgan fingerprint density at radius 1 is 0.958 bits per heavy atom. The normalized spacial score (nSPS) is 10.2. The quantitative estimate of drug-likeness (QED) is 0.695. The molecule has 0 bridgehead atoms. The number of methoxy groups -OCH3 is 2. The number of carbonyl (C=O) groups excluding carboxylic acids is 1. The number of rotatable bonds is 9. The first-order chi connectivity index (χ1) is 11.7. The van der Waals surface area contributed by atoms with E-state index in [-0.39, 0.29) is 5.91 Å². The molecule has 24 heavy (non-hydrogen) atoms. The zero-order valence-corrected chi connectivity index (χ0v) is 14.2. The van der Waals surface area contributed by atoms with Gasteiger partial charge in [0.15, 0.2) is 0 Å². The molecule has 0 aliphatic rings. The molecule has 128 valence electrons. The molecule has 2 aromatic carbocycles. The summed E-state index contributed by atoms with van der Waals surface area (Å²) in [6, 6.07) is 15.3. The van der Waals surface area contributed by atoms with Crippen molar-refractivity contribution in [2.24, 2.45) is 0 Å². The Morgan fingerprint density at radius 2 is 1.67 bits per heavy atom. The maximum Gasteiger partial charge on any atom is 0.225 e. The van der Waals surface area contributed by atoms with Gasteiger partial charge >= 0.3 is 0 Å². The van der Waals surface area contributed by atoms with Crippen LogP contribution in [0.25, 0.3) is 0 Å². The second-order valence-corrected chi connectivity index (χ2v) is 5.38. The Labute approximate surface area is 143 Å². The van der Waals surface area contributed by atoms with E-state index in [1.54, 1.807) is 20.3 Å². The van der Waals surface area contributed by atoms with Gasteiger partial charge in [0.2, 0.25) is 5.91 Å². The van der Waals surface area contributed by atoms with Gasteiger partial charge in [-0.25, -0.2) is 0 Å². The average Bonchev–Trinajstić information content (AvgIpc) is 2.61. The Balaban J connectivity index is 1.65. The SMILES string of the molecule is COc1cccc(CCNCCC(=O)Nc2cccc(OC)c2)c1. The number of nitrogens with one attached hydrogen (secondary N) is 2. The van der Waals surface area contributed by atoms with Gasteiger partial charge in [0.05, 0.1) is 14.2 Å². The number of anilines is 1. The molecule has 2 rings (SSSR count). The molecule has 5 heteroatoms. The van der Waals surface area contributed by atoms with Gasteiger partial charge in [0, 0.05) is 24.7 Å². The molecule has 0 unspecified atom stereocenters. The van der Waals surface area contributed by atoms with Crippen LogP contribution in [-0.4, -0.2) is 33.2 Å². The van der Waals surface area contributed by atoms with Gasteiger partial charge in [-0.1, -0.05) is 18.2 Å². The van der Waals surface area contributed by atoms with Crippen LogP contribution in [0.15, 0.2) is 48.5 Å². The van der Waals surface area contributed by atoms with Crippen molar-refractivity contribution < 1.29 is 14.3 Å². The summed E-state index contributed by atoms with van der Waals surface area (Å²) in [7, 11) is 3.27. The maximum atomic E-state index is 11.9. The van der Waals surface area contributed by atoms with Crippen LogP contribution in [0.2, 0.25) is 0 Å². The standard InChI is InChI=1S/C19H24N2O3/c1-23-17-7-3-5-15(13-17)9-11-20-12-10-19(22)21-16-6-4-8-18(14-16)24-2/h3-8,13-14,20H,9-12H2,1-2H3,(H,21,22). The van der Waals surface area contributed by atoms with Crippen molar-refractivity contribution in [1.82, 2.24) is 5.32 Å². The molecule has 0 saturated carbocycles. The summed E-state index contributed by atoms with van der Waals surface area (Å²) in [6.45, 7) is 1.46. The van der Waals surface area contributed by atoms with E-state index < -0.39 is 0 Å². The van der Waals surface area contributed by atoms with Crippen molar-refractivity contribution in [1.29, 1.82) is 0 Å². The topological polar surface area (TPSA) is 59.6 Å². The number of carbonyl (C=O) groups is 1. The highest BCUT2D eigenvalue weighted by Gasteiger charge is 2.03. The molecule has 2 N–H and O–H groups in total. The number of hydrogen-bond donors (Lipinski definition) is 2. The first-order valence-electron chi connectivity index (χ1n) is 7.99. The second kappa shape index (κ2) is 9.57. The lowest BCUT2D eigenvalue weighted by molar-refractivity contribution is -0.116. The van der Waals surface area contributed by atoms with E-state index in [9.17, 15) is 4.79 Å². The predicted molar refractivity (Wildman–Crippen MR) is 95.8 cm³/mol. The van der Waals surface area contributed by atoms with Gasteiger partial charge in [0.25, 0.3) is 0 Å². The first-order valence-corrected chi connectivity index (χ1v) is 7.99. The van der Waals surface area contributed by atoms with Crippen molar-refractivity contribution in [2.75, 3.05) is 32.6 Å². The molecule has 5 nitrogen and oxygen atoms in total. The minimum Gasteiger partial charge on any atom is -0.497 e. The van der Waals surface area contributed by atoms with Gasteiger partial charge in [-0.3, -0.25) is 4.79 Å². The van der Waals surface area contributed by atoms with Crippen LogP contribution in [-0.2, 0) is 11.2 Å². The molecule has 0 aliphatic heterocycles. The molecule has 0 aromatic heterocycles. The minimum absolute atomic E-state index is 0.0165. The lowest BCUT2D eigenvalue weighted by Crippen LogP contribution is -2.23. The van der Waals surface area contributed by atoms with Gasteiger partial charge in [-0.05, 0) is 42.8 Å². The Hall–Kier alpha value is -2.53. The molecule has 0 atom stereocenters. The number of benzene rings is 2. The summed E-state index contributed by atoms with van der Waals surface area (Å²) < 4.78 is 10.3. The molecule has 2 aromatic rings. The molecule has 0 saturated heterocycles. The fraction of sp³-hybridized carbons (Fsp3) is 0.316. The Kier molecular flexibility index (Phi) is 7.11. The highest BCUT2D eigenvalue weighted by Crippen LogP contribution is 2.16. The first kappa shape index (κ1) is 17.8. The van der Waals surface area contributed by atoms with E-state index in [4.69, 9.17) is 9.47 Å². The van der Waals surface area contributed by atoms with Crippen LogP contribution in [0, 0.1) is 0 Å². The summed E-state index contributed by atoms with van der Waals surface area (Å²) in [4.78, 5) is 11.9. The van der Waals surface area contributed by atoms with E-state index in [0.29, 0.717) is 13.0 Å². The monoisotopic (exact) mass is 328 g/mol. The van der Waals surface area contributed by atoms with Gasteiger partial charge < -0.3 is 20.1 Å². The molecule has 0 radical (unpaired) electrons. The molecule has 0 aliphatic carbocycles. The minimum atomic E-state index is -0.0165. The zero-order valence-electron chi connectivity index (χ0n) is 14.2. The van der Waals surface area contributed by atoms with Crippen LogP contribution >= 0.6 is 0 Å². The second-order valence-electron chi connectivity index (χ2n) is 5.38. The van der Waals surface area contributed by atoms with Crippen molar-refractivity contribution >= 4 is 11.6 Å². The molecular formula is C19H24N2O3. The van der Waals surface area contributed by atoms with E-state index in [2.05, 4.69) is 16.7 Å². The molecule has 0 heterocycles. The van der Waals surface area contributed by atoms with Gasteiger partial charge in [-0.15, -0.1) is 0 Å². The lowest BCUT2D eigenvalue weighted by Gasteiger charge is -2.08. The fourth-order valence-corrected chi connectivity index (χ4v) is 2.31. The molecule has 1 amide bonds.